The lowest BCUT2D eigenvalue weighted by Crippen LogP contribution is -2.44. The van der Waals surface area contributed by atoms with Crippen molar-refractivity contribution < 1.29 is 33.4 Å². The highest BCUT2D eigenvalue weighted by Gasteiger charge is 2.34. The molecule has 32 heavy (non-hydrogen) atoms. The molecule has 0 fully saturated rings. The maximum Gasteiger partial charge on any atom is 0.512 e. The largest absolute Gasteiger partial charge is 0.512 e. The first-order chi connectivity index (χ1) is 15.1. The topological polar surface area (TPSA) is 126 Å². The van der Waals surface area contributed by atoms with Gasteiger partial charge >= 0.3 is 12.1 Å². The number of hydroxylamine groups is 1. The van der Waals surface area contributed by atoms with Crippen molar-refractivity contribution in [1.82, 2.24) is 5.48 Å². The van der Waals surface area contributed by atoms with Gasteiger partial charge in [0.15, 0.2) is 5.60 Å². The Labute approximate surface area is 190 Å². The number of halogens is 1. The molecule has 2 aromatic carbocycles. The fourth-order valence-electron chi connectivity index (χ4n) is 2.39. The Morgan fingerprint density at radius 2 is 1.62 bits per heavy atom. The van der Waals surface area contributed by atoms with Crippen LogP contribution in [0.2, 0.25) is 5.02 Å². The molecule has 2 atom stereocenters. The number of hydrogen-bond donors (Lipinski definition) is 2. The molecule has 0 saturated heterocycles. The average Bonchev–Trinajstić information content (AvgIpc) is 2.76. The maximum absolute atomic E-state index is 12.4. The van der Waals surface area contributed by atoms with Crippen LogP contribution in [0.5, 0.6) is 0 Å². The van der Waals surface area contributed by atoms with Gasteiger partial charge in [0, 0.05) is 24.1 Å². The number of carbonyl (C=O) groups excluding carboxylic acids is 3. The first kappa shape index (κ1) is 25.1. The van der Waals surface area contributed by atoms with Crippen molar-refractivity contribution in [1.29, 1.82) is 0 Å². The van der Waals surface area contributed by atoms with Gasteiger partial charge in [0.2, 0.25) is 6.29 Å². The van der Waals surface area contributed by atoms with E-state index in [1.807, 2.05) is 6.07 Å². The van der Waals surface area contributed by atoms with Gasteiger partial charge in [0.25, 0.3) is 5.91 Å². The first-order valence-corrected chi connectivity index (χ1v) is 10.1. The number of nitrogens with one attached hydrogen (secondary N) is 1. The monoisotopic (exact) mass is 464 g/mol. The third kappa shape index (κ3) is 7.52. The minimum atomic E-state index is -1.58. The number of esters is 1. The molecule has 3 N–H and O–H groups in total. The fraction of sp³-hybridized carbons (Fsp3) is 0.318. The predicted octanol–water partition coefficient (Wildman–Crippen LogP) is 3.52. The van der Waals surface area contributed by atoms with E-state index in [1.54, 1.807) is 36.4 Å². The van der Waals surface area contributed by atoms with Crippen LogP contribution in [0.3, 0.4) is 0 Å². The summed E-state index contributed by atoms with van der Waals surface area (Å²) in [7, 11) is 0. The number of hydrogen-bond acceptors (Lipinski definition) is 8. The highest BCUT2D eigenvalue weighted by atomic mass is 35.5. The Balaban J connectivity index is 1.83. The molecular weight excluding hydrogens is 440 g/mol. The Morgan fingerprint density at radius 1 is 1.00 bits per heavy atom. The molecule has 0 aliphatic rings. The molecule has 1 amide bonds. The molecule has 0 aliphatic carbocycles. The summed E-state index contributed by atoms with van der Waals surface area (Å²) < 4.78 is 15.2. The Bertz CT molecular complexity index is 920. The number of nitrogens with two attached hydrogens (primary N) is 1. The van der Waals surface area contributed by atoms with Gasteiger partial charge in [-0.05, 0) is 43.7 Å². The lowest BCUT2D eigenvalue weighted by Gasteiger charge is -2.25. The second-order valence-electron chi connectivity index (χ2n) is 7.14. The molecule has 2 unspecified atom stereocenters. The van der Waals surface area contributed by atoms with Gasteiger partial charge in [-0.2, -0.15) is 0 Å². The van der Waals surface area contributed by atoms with E-state index < -0.39 is 36.0 Å². The van der Waals surface area contributed by atoms with E-state index in [0.29, 0.717) is 10.6 Å². The van der Waals surface area contributed by atoms with Crippen LogP contribution in [0.25, 0.3) is 0 Å². The number of carbonyl (C=O) groups is 3. The summed E-state index contributed by atoms with van der Waals surface area (Å²) in [4.78, 5) is 41.7. The van der Waals surface area contributed by atoms with Crippen LogP contribution < -0.4 is 11.2 Å². The minimum absolute atomic E-state index is 0.0431. The number of rotatable bonds is 9. The summed E-state index contributed by atoms with van der Waals surface area (Å²) >= 11 is 5.78. The van der Waals surface area contributed by atoms with E-state index in [4.69, 9.17) is 36.4 Å². The molecule has 2 aromatic rings. The molecule has 10 heteroatoms. The van der Waals surface area contributed by atoms with E-state index in [0.717, 1.165) is 0 Å². The second kappa shape index (κ2) is 11.5. The van der Waals surface area contributed by atoms with Crippen LogP contribution in [0.4, 0.5) is 4.79 Å². The van der Waals surface area contributed by atoms with E-state index >= 15 is 0 Å². The fourth-order valence-corrected chi connectivity index (χ4v) is 2.52. The Hall–Kier alpha value is -3.14. The van der Waals surface area contributed by atoms with E-state index in [-0.39, 0.29) is 12.1 Å². The highest BCUT2D eigenvalue weighted by molar-refractivity contribution is 6.30. The van der Waals surface area contributed by atoms with Crippen molar-refractivity contribution in [3.63, 3.8) is 0 Å². The maximum atomic E-state index is 12.4. The molecule has 2 rings (SSSR count). The van der Waals surface area contributed by atoms with Crippen molar-refractivity contribution in [3.8, 4) is 0 Å². The first-order valence-electron chi connectivity index (χ1n) is 9.69. The quantitative estimate of drug-likeness (QED) is 0.328. The molecule has 0 saturated carbocycles. The van der Waals surface area contributed by atoms with Gasteiger partial charge in [-0.25, -0.2) is 15.1 Å². The SMILES string of the molecule is CC(OC(=O)OC(CN)c1ccccc1)OC(=O)C(C)(C)ONC(=O)c1ccc(Cl)cc1. The van der Waals surface area contributed by atoms with E-state index in [9.17, 15) is 14.4 Å². The smallest absolute Gasteiger partial charge is 0.425 e. The van der Waals surface area contributed by atoms with Crippen molar-refractivity contribution in [3.05, 3.63) is 70.7 Å². The van der Waals surface area contributed by atoms with E-state index in [1.165, 1.54) is 32.9 Å². The third-order valence-electron chi connectivity index (χ3n) is 4.16. The lowest BCUT2D eigenvalue weighted by molar-refractivity contribution is -0.196. The summed E-state index contributed by atoms with van der Waals surface area (Å²) in [6, 6.07) is 15.0. The molecule has 0 radical (unpaired) electrons. The normalized spacial score (nSPS) is 12.9. The van der Waals surface area contributed by atoms with E-state index in [2.05, 4.69) is 5.48 Å². The number of ether oxygens (including phenoxy) is 3. The van der Waals surface area contributed by atoms with Crippen molar-refractivity contribution in [2.75, 3.05) is 6.54 Å². The van der Waals surface area contributed by atoms with Crippen molar-refractivity contribution >= 4 is 29.6 Å². The number of amides is 1. The molecule has 0 aliphatic heterocycles. The van der Waals surface area contributed by atoms with Crippen molar-refractivity contribution in [2.24, 2.45) is 5.73 Å². The van der Waals surface area contributed by atoms with Crippen LogP contribution in [-0.4, -0.2) is 36.5 Å². The van der Waals surface area contributed by atoms with Gasteiger partial charge in [-0.3, -0.25) is 9.63 Å². The minimum Gasteiger partial charge on any atom is -0.425 e. The van der Waals surface area contributed by atoms with Crippen LogP contribution in [-0.2, 0) is 23.8 Å². The summed E-state index contributed by atoms with van der Waals surface area (Å²) in [5.41, 5.74) is 7.23. The highest BCUT2D eigenvalue weighted by Crippen LogP contribution is 2.18. The van der Waals surface area contributed by atoms with Crippen LogP contribution in [0.15, 0.2) is 54.6 Å². The summed E-state index contributed by atoms with van der Waals surface area (Å²) in [6.07, 6.45) is -3.05. The number of benzene rings is 2. The van der Waals surface area contributed by atoms with Crippen LogP contribution >= 0.6 is 11.6 Å². The lowest BCUT2D eigenvalue weighted by atomic mass is 10.1. The Morgan fingerprint density at radius 3 is 2.22 bits per heavy atom. The molecule has 9 nitrogen and oxygen atoms in total. The standard InChI is InChI=1S/C22H25ClN2O7/c1-14(30-21(28)31-18(13-24)15-7-5-4-6-8-15)29-20(27)22(2,3)32-25-19(26)16-9-11-17(23)12-10-16/h4-12,14,18H,13,24H2,1-3H3,(H,25,26). The summed E-state index contributed by atoms with van der Waals surface area (Å²) in [6.45, 7) is 4.13. The molecule has 0 heterocycles. The van der Waals surface area contributed by atoms with Gasteiger partial charge < -0.3 is 19.9 Å². The predicted molar refractivity (Wildman–Crippen MR) is 115 cm³/mol. The molecule has 172 valence electrons. The molecule has 0 bridgehead atoms. The zero-order chi connectivity index (χ0) is 23.7. The van der Waals surface area contributed by atoms with Gasteiger partial charge in [0.1, 0.15) is 6.10 Å². The van der Waals surface area contributed by atoms with Gasteiger partial charge in [-0.15, -0.1) is 0 Å². The van der Waals surface area contributed by atoms with Crippen LogP contribution in [0, 0.1) is 0 Å². The Kier molecular flexibility index (Phi) is 9.01. The summed E-state index contributed by atoms with van der Waals surface area (Å²) in [5.74, 6) is -1.46. The summed E-state index contributed by atoms with van der Waals surface area (Å²) in [5, 5.41) is 0.473. The third-order valence-corrected chi connectivity index (χ3v) is 4.41. The zero-order valence-electron chi connectivity index (χ0n) is 17.9. The second-order valence-corrected chi connectivity index (χ2v) is 7.58. The average molecular weight is 465 g/mol. The molecular formula is C22H25ClN2O7. The van der Waals surface area contributed by atoms with Crippen molar-refractivity contribution in [2.45, 2.75) is 38.8 Å². The van der Waals surface area contributed by atoms with Gasteiger partial charge in [0.05, 0.1) is 0 Å². The molecule has 0 aromatic heterocycles. The van der Waals surface area contributed by atoms with Crippen LogP contribution in [0.1, 0.15) is 42.8 Å². The molecule has 0 spiro atoms. The van der Waals surface area contributed by atoms with Gasteiger partial charge in [-0.1, -0.05) is 41.9 Å². The zero-order valence-corrected chi connectivity index (χ0v) is 18.6.